The number of benzene rings is 2. The first-order valence-corrected chi connectivity index (χ1v) is 8.92. The molecule has 0 bridgehead atoms. The third-order valence-electron chi connectivity index (χ3n) is 4.00. The lowest BCUT2D eigenvalue weighted by atomic mass is 10.1. The molecule has 0 aromatic heterocycles. The van der Waals surface area contributed by atoms with Crippen LogP contribution in [-0.4, -0.2) is 19.0 Å². The predicted octanol–water partition coefficient (Wildman–Crippen LogP) is 6.76. The van der Waals surface area contributed by atoms with Gasteiger partial charge in [0.15, 0.2) is 5.92 Å². The topological polar surface area (TPSA) is 18.5 Å². The van der Waals surface area contributed by atoms with E-state index in [1.165, 1.54) is 18.2 Å². The van der Waals surface area contributed by atoms with Gasteiger partial charge in [0.2, 0.25) is 0 Å². The van der Waals surface area contributed by atoms with E-state index in [-0.39, 0.29) is 12.4 Å². The SMILES string of the molecule is Cc1cccc(C)c1OCc1cc(OCC(C(F)(F)F)C(F)(F)F)ccc1Br. The zero-order valence-corrected chi connectivity index (χ0v) is 16.5. The average Bonchev–Trinajstić information content (AvgIpc) is 2.54. The van der Waals surface area contributed by atoms with Gasteiger partial charge in [-0.25, -0.2) is 0 Å². The Balaban J connectivity index is 2.12. The molecule has 154 valence electrons. The number of para-hydroxylation sites is 1. The average molecular weight is 471 g/mol. The van der Waals surface area contributed by atoms with E-state index in [2.05, 4.69) is 15.9 Å². The smallest absolute Gasteiger partial charge is 0.403 e. The van der Waals surface area contributed by atoms with Gasteiger partial charge in [-0.15, -0.1) is 0 Å². The van der Waals surface area contributed by atoms with Crippen LogP contribution in [0, 0.1) is 19.8 Å². The summed E-state index contributed by atoms with van der Waals surface area (Å²) in [5, 5.41) is 0. The van der Waals surface area contributed by atoms with Crippen molar-refractivity contribution in [2.75, 3.05) is 6.61 Å². The monoisotopic (exact) mass is 470 g/mol. The third kappa shape index (κ3) is 5.80. The minimum atomic E-state index is -5.44. The Morgan fingerprint density at radius 1 is 0.893 bits per heavy atom. The van der Waals surface area contributed by atoms with Crippen molar-refractivity contribution in [3.63, 3.8) is 0 Å². The van der Waals surface area contributed by atoms with E-state index in [4.69, 9.17) is 9.47 Å². The van der Waals surface area contributed by atoms with Crippen LogP contribution in [0.5, 0.6) is 11.5 Å². The van der Waals surface area contributed by atoms with Crippen molar-refractivity contribution in [1.82, 2.24) is 0 Å². The highest BCUT2D eigenvalue weighted by molar-refractivity contribution is 9.10. The van der Waals surface area contributed by atoms with Crippen molar-refractivity contribution < 1.29 is 35.8 Å². The Kier molecular flexibility index (Phi) is 6.90. The highest BCUT2D eigenvalue weighted by Gasteiger charge is 2.57. The van der Waals surface area contributed by atoms with E-state index in [1.807, 2.05) is 32.0 Å². The Hall–Kier alpha value is -1.90. The van der Waals surface area contributed by atoms with Crippen LogP contribution in [-0.2, 0) is 6.61 Å². The molecule has 2 rings (SSSR count). The molecule has 0 N–H and O–H groups in total. The van der Waals surface area contributed by atoms with Crippen LogP contribution < -0.4 is 9.47 Å². The van der Waals surface area contributed by atoms with Gasteiger partial charge < -0.3 is 9.47 Å². The molecule has 0 aliphatic rings. The molecule has 0 saturated heterocycles. The Bertz CT molecular complexity index is 783. The van der Waals surface area contributed by atoms with Gasteiger partial charge in [-0.2, -0.15) is 26.3 Å². The lowest BCUT2D eigenvalue weighted by Crippen LogP contribution is -2.40. The van der Waals surface area contributed by atoms with Crippen molar-refractivity contribution in [2.24, 2.45) is 5.92 Å². The number of rotatable bonds is 6. The molecule has 0 aliphatic carbocycles. The Morgan fingerprint density at radius 2 is 1.46 bits per heavy atom. The second-order valence-electron chi connectivity index (χ2n) is 6.21. The summed E-state index contributed by atoms with van der Waals surface area (Å²) in [6.45, 7) is 2.24. The molecular weight excluding hydrogens is 454 g/mol. The van der Waals surface area contributed by atoms with Gasteiger partial charge in [-0.1, -0.05) is 34.1 Å². The molecule has 0 saturated carbocycles. The van der Waals surface area contributed by atoms with Crippen LogP contribution >= 0.6 is 15.9 Å². The zero-order valence-electron chi connectivity index (χ0n) is 14.9. The molecule has 2 nitrogen and oxygen atoms in total. The molecule has 0 aliphatic heterocycles. The molecule has 0 radical (unpaired) electrons. The fourth-order valence-electron chi connectivity index (χ4n) is 2.48. The van der Waals surface area contributed by atoms with Gasteiger partial charge in [0.25, 0.3) is 0 Å². The molecule has 2 aromatic rings. The second kappa shape index (κ2) is 8.63. The summed E-state index contributed by atoms with van der Waals surface area (Å²) in [7, 11) is 0. The first-order chi connectivity index (χ1) is 12.9. The second-order valence-corrected chi connectivity index (χ2v) is 7.06. The van der Waals surface area contributed by atoms with Gasteiger partial charge in [-0.3, -0.25) is 0 Å². The Labute approximate surface area is 166 Å². The van der Waals surface area contributed by atoms with Crippen LogP contribution in [0.1, 0.15) is 16.7 Å². The lowest BCUT2D eigenvalue weighted by molar-refractivity contribution is -0.289. The number of halogens is 7. The largest absolute Gasteiger partial charge is 0.493 e. The standard InChI is InChI=1S/C19H17BrF6O2/c1-11-4-3-5-12(2)17(11)28-9-13-8-14(6-7-15(13)20)27-10-16(18(21,22)23)19(24,25)26/h3-8,16H,9-10H2,1-2H3. The molecule has 0 atom stereocenters. The highest BCUT2D eigenvalue weighted by Crippen LogP contribution is 2.39. The molecular formula is C19H17BrF6O2. The fourth-order valence-corrected chi connectivity index (χ4v) is 2.84. The molecule has 0 fully saturated rings. The van der Waals surface area contributed by atoms with E-state index in [9.17, 15) is 26.3 Å². The van der Waals surface area contributed by atoms with Gasteiger partial charge in [0, 0.05) is 10.0 Å². The lowest BCUT2D eigenvalue weighted by Gasteiger charge is -2.23. The highest BCUT2D eigenvalue weighted by atomic mass is 79.9. The molecule has 0 unspecified atom stereocenters. The van der Waals surface area contributed by atoms with E-state index in [0.29, 0.717) is 15.8 Å². The zero-order chi connectivity index (χ0) is 21.1. The number of aryl methyl sites for hydroxylation is 2. The van der Waals surface area contributed by atoms with Gasteiger partial charge >= 0.3 is 12.4 Å². The van der Waals surface area contributed by atoms with E-state index >= 15 is 0 Å². The van der Waals surface area contributed by atoms with Crippen LogP contribution in [0.25, 0.3) is 0 Å². The molecule has 28 heavy (non-hydrogen) atoms. The normalized spacial score (nSPS) is 12.4. The van der Waals surface area contributed by atoms with Crippen molar-refractivity contribution in [3.05, 3.63) is 57.6 Å². The maximum Gasteiger partial charge on any atom is 0.403 e. The number of ether oxygens (including phenoxy) is 2. The van der Waals surface area contributed by atoms with Gasteiger partial charge in [0.05, 0.1) is 0 Å². The van der Waals surface area contributed by atoms with Crippen LogP contribution in [0.4, 0.5) is 26.3 Å². The first kappa shape index (κ1) is 22.4. The van der Waals surface area contributed by atoms with Crippen LogP contribution in [0.2, 0.25) is 0 Å². The molecule has 0 spiro atoms. The predicted molar refractivity (Wildman–Crippen MR) is 95.5 cm³/mol. The van der Waals surface area contributed by atoms with Crippen LogP contribution in [0.3, 0.4) is 0 Å². The van der Waals surface area contributed by atoms with Crippen molar-refractivity contribution in [1.29, 1.82) is 0 Å². The molecule has 0 amide bonds. The van der Waals surface area contributed by atoms with E-state index in [1.54, 1.807) is 0 Å². The molecule has 0 heterocycles. The van der Waals surface area contributed by atoms with Crippen molar-refractivity contribution in [2.45, 2.75) is 32.8 Å². The van der Waals surface area contributed by atoms with Crippen molar-refractivity contribution in [3.8, 4) is 11.5 Å². The summed E-state index contributed by atoms with van der Waals surface area (Å²) >= 11 is 3.29. The number of alkyl halides is 6. The summed E-state index contributed by atoms with van der Waals surface area (Å²) in [4.78, 5) is 0. The summed E-state index contributed by atoms with van der Waals surface area (Å²) in [5.41, 5.74) is 2.33. The minimum absolute atomic E-state index is 0.0610. The minimum Gasteiger partial charge on any atom is -0.493 e. The summed E-state index contributed by atoms with van der Waals surface area (Å²) < 4.78 is 86.9. The number of hydrogen-bond acceptors (Lipinski definition) is 2. The van der Waals surface area contributed by atoms with Crippen molar-refractivity contribution >= 4 is 15.9 Å². The first-order valence-electron chi connectivity index (χ1n) is 8.13. The fraction of sp³-hybridized carbons (Fsp3) is 0.368. The third-order valence-corrected chi connectivity index (χ3v) is 4.78. The molecule has 2 aromatic carbocycles. The quantitative estimate of drug-likeness (QED) is 0.434. The molecule has 9 heteroatoms. The number of hydrogen-bond donors (Lipinski definition) is 0. The van der Waals surface area contributed by atoms with Gasteiger partial charge in [-0.05, 0) is 43.2 Å². The summed E-state index contributed by atoms with van der Waals surface area (Å²) in [6, 6.07) is 9.73. The van der Waals surface area contributed by atoms with E-state index in [0.717, 1.165) is 11.1 Å². The maximum atomic E-state index is 12.6. The summed E-state index contributed by atoms with van der Waals surface area (Å²) in [5.74, 6) is -3.00. The van der Waals surface area contributed by atoms with Gasteiger partial charge in [0.1, 0.15) is 24.7 Å². The van der Waals surface area contributed by atoms with E-state index < -0.39 is 24.9 Å². The summed E-state index contributed by atoms with van der Waals surface area (Å²) in [6.07, 6.45) is -10.9. The Morgan fingerprint density at radius 3 is 2.00 bits per heavy atom. The van der Waals surface area contributed by atoms with Crippen LogP contribution in [0.15, 0.2) is 40.9 Å². The maximum absolute atomic E-state index is 12.6.